The summed E-state index contributed by atoms with van der Waals surface area (Å²) in [6.45, 7) is 0. The van der Waals surface area contributed by atoms with E-state index in [-0.39, 0.29) is 18.0 Å². The van der Waals surface area contributed by atoms with E-state index in [1.165, 1.54) is 35.9 Å². The Kier molecular flexibility index (Phi) is 3.74. The van der Waals surface area contributed by atoms with Crippen LogP contribution in [0.4, 0.5) is 0 Å². The summed E-state index contributed by atoms with van der Waals surface area (Å²) >= 11 is 2.43. The minimum absolute atomic E-state index is 0. The molecule has 0 fully saturated rings. The second-order valence-corrected chi connectivity index (χ2v) is 5.99. The van der Waals surface area contributed by atoms with Crippen LogP contribution >= 0.6 is 22.6 Å². The zero-order valence-corrected chi connectivity index (χ0v) is 16.1. The van der Waals surface area contributed by atoms with Gasteiger partial charge in [-0.25, -0.2) is 0 Å². The average molecular weight is 432 g/mol. The van der Waals surface area contributed by atoms with Gasteiger partial charge in [0.1, 0.15) is 0 Å². The van der Waals surface area contributed by atoms with Crippen molar-refractivity contribution in [2.24, 2.45) is 0 Å². The molecule has 0 aliphatic heterocycles. The van der Waals surface area contributed by atoms with E-state index in [0.29, 0.717) is 0 Å². The molecule has 0 aromatic heterocycles. The molecule has 0 nitrogen and oxygen atoms in total. The predicted octanol–water partition coefficient (Wildman–Crippen LogP) is 4.57. The van der Waals surface area contributed by atoms with Crippen molar-refractivity contribution in [3.8, 4) is 0 Å². The SMILES string of the molecule is Ic1cccc2ccc3cc4ccccc4cc3c12.[AsH3]. The van der Waals surface area contributed by atoms with Gasteiger partial charge in [-0.3, -0.25) is 0 Å². The van der Waals surface area contributed by atoms with E-state index in [1.54, 1.807) is 0 Å². The summed E-state index contributed by atoms with van der Waals surface area (Å²) in [5, 5.41) is 7.96. The summed E-state index contributed by atoms with van der Waals surface area (Å²) in [4.78, 5) is 0. The van der Waals surface area contributed by atoms with Gasteiger partial charge in [0.15, 0.2) is 0 Å². The quantitative estimate of drug-likeness (QED) is 0.165. The molecule has 0 radical (unpaired) electrons. The van der Waals surface area contributed by atoms with Gasteiger partial charge in [-0.1, -0.05) is 48.5 Å². The minimum atomic E-state index is 0. The van der Waals surface area contributed by atoms with E-state index in [2.05, 4.69) is 89.3 Å². The molecular weight excluding hydrogens is 418 g/mol. The summed E-state index contributed by atoms with van der Waals surface area (Å²) in [6, 6.07) is 24.1. The van der Waals surface area contributed by atoms with Crippen LogP contribution in [0, 0.1) is 3.57 Å². The van der Waals surface area contributed by atoms with E-state index in [9.17, 15) is 0 Å². The first-order valence-corrected chi connectivity index (χ1v) is 7.40. The molecule has 0 heterocycles. The number of benzene rings is 4. The van der Waals surface area contributed by atoms with Crippen LogP contribution in [-0.4, -0.2) is 18.0 Å². The molecule has 0 saturated carbocycles. The van der Waals surface area contributed by atoms with Crippen molar-refractivity contribution in [3.63, 3.8) is 0 Å². The number of fused-ring (bicyclic) bond motifs is 4. The molecule has 0 aliphatic rings. The fourth-order valence-corrected chi connectivity index (χ4v) is 3.57. The first kappa shape index (κ1) is 13.9. The molecule has 4 aromatic rings. The summed E-state index contributed by atoms with van der Waals surface area (Å²) in [5.74, 6) is 0. The Morgan fingerprint density at radius 1 is 0.600 bits per heavy atom. The van der Waals surface area contributed by atoms with Crippen LogP contribution in [0.5, 0.6) is 0 Å². The van der Waals surface area contributed by atoms with Crippen LogP contribution in [0.3, 0.4) is 0 Å². The van der Waals surface area contributed by atoms with Gasteiger partial charge >= 0.3 is 18.0 Å². The Bertz CT molecular complexity index is 928. The normalized spacial score (nSPS) is 10.8. The van der Waals surface area contributed by atoms with Crippen LogP contribution in [0.1, 0.15) is 0 Å². The van der Waals surface area contributed by atoms with E-state index in [4.69, 9.17) is 0 Å². The third-order valence-electron chi connectivity index (χ3n) is 3.68. The molecular formula is C18H14AsI. The average Bonchev–Trinajstić information content (AvgIpc) is 2.45. The summed E-state index contributed by atoms with van der Waals surface area (Å²) in [6.07, 6.45) is 0. The standard InChI is InChI=1S/C18H11I.AsH3/c19-17-7-3-6-12-8-9-15-10-13-4-1-2-5-14(13)11-16(15)18(12)17;/h1-11H;1H3. The monoisotopic (exact) mass is 432 g/mol. The molecule has 0 spiro atoms. The van der Waals surface area contributed by atoms with Crippen molar-refractivity contribution in [1.29, 1.82) is 0 Å². The maximum atomic E-state index is 2.43. The zero-order chi connectivity index (χ0) is 12.8. The van der Waals surface area contributed by atoms with Crippen molar-refractivity contribution in [1.82, 2.24) is 0 Å². The van der Waals surface area contributed by atoms with Crippen molar-refractivity contribution < 1.29 is 0 Å². The number of rotatable bonds is 0. The Balaban J connectivity index is 0.00000121. The third-order valence-corrected chi connectivity index (χ3v) is 4.57. The Morgan fingerprint density at radius 3 is 2.05 bits per heavy atom. The van der Waals surface area contributed by atoms with Crippen LogP contribution in [0.25, 0.3) is 32.3 Å². The molecule has 4 rings (SSSR count). The molecule has 20 heavy (non-hydrogen) atoms. The number of hydrogen-bond acceptors (Lipinski definition) is 0. The molecule has 0 amide bonds. The molecule has 0 N–H and O–H groups in total. The van der Waals surface area contributed by atoms with Gasteiger partial charge in [-0.15, -0.1) is 0 Å². The zero-order valence-electron chi connectivity index (χ0n) is 10.9. The first-order chi connectivity index (χ1) is 9.33. The second kappa shape index (κ2) is 5.38. The number of hydrogen-bond donors (Lipinski definition) is 0. The van der Waals surface area contributed by atoms with Gasteiger partial charge in [0, 0.05) is 8.96 Å². The van der Waals surface area contributed by atoms with E-state index in [1.807, 2.05) is 0 Å². The first-order valence-electron chi connectivity index (χ1n) is 6.33. The fourth-order valence-electron chi connectivity index (χ4n) is 2.76. The maximum absolute atomic E-state index is 2.43. The fraction of sp³-hybridized carbons (Fsp3) is 0. The van der Waals surface area contributed by atoms with E-state index in [0.717, 1.165) is 0 Å². The van der Waals surface area contributed by atoms with E-state index < -0.39 is 0 Å². The summed E-state index contributed by atoms with van der Waals surface area (Å²) in [7, 11) is 0. The van der Waals surface area contributed by atoms with Crippen molar-refractivity contribution in [2.45, 2.75) is 0 Å². The van der Waals surface area contributed by atoms with Gasteiger partial charge in [0.25, 0.3) is 0 Å². The molecule has 2 heteroatoms. The van der Waals surface area contributed by atoms with Crippen molar-refractivity contribution >= 4 is 72.9 Å². The Morgan fingerprint density at radius 2 is 1.25 bits per heavy atom. The predicted molar refractivity (Wildman–Crippen MR) is 102 cm³/mol. The second-order valence-electron chi connectivity index (χ2n) is 4.82. The Labute approximate surface area is 142 Å². The summed E-state index contributed by atoms with van der Waals surface area (Å²) < 4.78 is 1.32. The molecule has 0 aliphatic carbocycles. The number of halogens is 1. The van der Waals surface area contributed by atoms with Crippen LogP contribution < -0.4 is 0 Å². The van der Waals surface area contributed by atoms with Crippen molar-refractivity contribution in [3.05, 3.63) is 70.3 Å². The van der Waals surface area contributed by atoms with Gasteiger partial charge in [0.2, 0.25) is 0 Å². The summed E-state index contributed by atoms with van der Waals surface area (Å²) in [5.41, 5.74) is 0. The van der Waals surface area contributed by atoms with Gasteiger partial charge in [-0.05, 0) is 67.7 Å². The van der Waals surface area contributed by atoms with Crippen molar-refractivity contribution in [2.75, 3.05) is 0 Å². The van der Waals surface area contributed by atoms with Crippen LogP contribution in [0.15, 0.2) is 66.7 Å². The van der Waals surface area contributed by atoms with Gasteiger partial charge < -0.3 is 0 Å². The van der Waals surface area contributed by atoms with E-state index >= 15 is 0 Å². The molecule has 4 aromatic carbocycles. The van der Waals surface area contributed by atoms with Crippen LogP contribution in [0.2, 0.25) is 0 Å². The third kappa shape index (κ3) is 2.13. The molecule has 1 unspecified atom stereocenters. The van der Waals surface area contributed by atoms with Gasteiger partial charge in [0.05, 0.1) is 0 Å². The molecule has 1 atom stereocenters. The van der Waals surface area contributed by atoms with Gasteiger partial charge in [-0.2, -0.15) is 0 Å². The molecule has 98 valence electrons. The molecule has 0 bridgehead atoms. The Hall–Kier alpha value is -1.05. The molecule has 0 saturated heterocycles. The topological polar surface area (TPSA) is 0 Å². The van der Waals surface area contributed by atoms with Crippen LogP contribution in [-0.2, 0) is 0 Å².